The van der Waals surface area contributed by atoms with E-state index in [1.807, 2.05) is 6.20 Å². The van der Waals surface area contributed by atoms with Crippen molar-refractivity contribution in [2.24, 2.45) is 0 Å². The van der Waals surface area contributed by atoms with Crippen LogP contribution in [0.25, 0.3) is 0 Å². The predicted molar refractivity (Wildman–Crippen MR) is 82.5 cm³/mol. The van der Waals surface area contributed by atoms with E-state index >= 15 is 0 Å². The first-order valence-corrected chi connectivity index (χ1v) is 7.74. The average molecular weight is 279 g/mol. The molecule has 0 radical (unpaired) electrons. The smallest absolute Gasteiger partial charge is 0.220 e. The number of H-pyrrole nitrogens is 1. The fraction of sp³-hybridized carbons (Fsp3) is 0.750. The van der Waals surface area contributed by atoms with Crippen molar-refractivity contribution < 1.29 is 4.79 Å². The number of rotatable bonds is 8. The second-order valence-corrected chi connectivity index (χ2v) is 6.43. The summed E-state index contributed by atoms with van der Waals surface area (Å²) < 4.78 is 0. The number of nitrogens with zero attached hydrogens (tertiary/aromatic N) is 1. The van der Waals surface area contributed by atoms with Crippen LogP contribution in [0.5, 0.6) is 0 Å². The summed E-state index contributed by atoms with van der Waals surface area (Å²) in [5, 5.41) is 2.92. The van der Waals surface area contributed by atoms with Crippen LogP contribution in [0, 0.1) is 0 Å². The van der Waals surface area contributed by atoms with Gasteiger partial charge < -0.3 is 10.3 Å². The number of hydrogen-bond donors (Lipinski definition) is 2. The second-order valence-electron chi connectivity index (χ2n) is 6.43. The first-order chi connectivity index (χ1) is 9.43. The summed E-state index contributed by atoms with van der Waals surface area (Å²) in [7, 11) is 0. The molecule has 1 rings (SSSR count). The number of aromatic amines is 1. The standard InChI is InChI=1S/C16H29N3O/c1-5-6-7-8-9-10-15(20)18-12-14-17-11-13(19-14)16(2,3)4/h11H,5-10,12H2,1-4H3,(H,17,19)(H,18,20). The van der Waals surface area contributed by atoms with Gasteiger partial charge in [0.1, 0.15) is 5.82 Å². The van der Waals surface area contributed by atoms with Crippen LogP contribution in [0.3, 0.4) is 0 Å². The van der Waals surface area contributed by atoms with Crippen LogP contribution in [-0.4, -0.2) is 15.9 Å². The average Bonchev–Trinajstić information content (AvgIpc) is 2.85. The summed E-state index contributed by atoms with van der Waals surface area (Å²) in [6.45, 7) is 9.10. The monoisotopic (exact) mass is 279 g/mol. The Morgan fingerprint density at radius 3 is 2.55 bits per heavy atom. The Kier molecular flexibility index (Phi) is 6.76. The van der Waals surface area contributed by atoms with Gasteiger partial charge >= 0.3 is 0 Å². The van der Waals surface area contributed by atoms with Crippen molar-refractivity contribution in [3.63, 3.8) is 0 Å². The van der Waals surface area contributed by atoms with E-state index in [0.29, 0.717) is 13.0 Å². The first kappa shape index (κ1) is 16.7. The van der Waals surface area contributed by atoms with Gasteiger partial charge in [-0.05, 0) is 6.42 Å². The van der Waals surface area contributed by atoms with Gasteiger partial charge in [-0.15, -0.1) is 0 Å². The summed E-state index contributed by atoms with van der Waals surface area (Å²) in [6.07, 6.45) is 8.34. The van der Waals surface area contributed by atoms with E-state index in [9.17, 15) is 4.79 Å². The second kappa shape index (κ2) is 8.08. The van der Waals surface area contributed by atoms with E-state index in [0.717, 1.165) is 24.4 Å². The van der Waals surface area contributed by atoms with E-state index in [1.54, 1.807) is 0 Å². The van der Waals surface area contributed by atoms with Crippen molar-refractivity contribution in [3.8, 4) is 0 Å². The third-order valence-corrected chi connectivity index (χ3v) is 3.40. The van der Waals surface area contributed by atoms with Crippen molar-refractivity contribution in [3.05, 3.63) is 17.7 Å². The lowest BCUT2D eigenvalue weighted by Crippen LogP contribution is -2.23. The molecular weight excluding hydrogens is 250 g/mol. The Bertz CT molecular complexity index is 404. The molecule has 4 heteroatoms. The van der Waals surface area contributed by atoms with Crippen LogP contribution in [0.15, 0.2) is 6.20 Å². The molecule has 0 unspecified atom stereocenters. The molecule has 0 saturated carbocycles. The Balaban J connectivity index is 2.22. The highest BCUT2D eigenvalue weighted by molar-refractivity contribution is 5.75. The molecular formula is C16H29N3O. The van der Waals surface area contributed by atoms with Crippen LogP contribution in [0.2, 0.25) is 0 Å². The van der Waals surface area contributed by atoms with Gasteiger partial charge in [0.05, 0.1) is 6.54 Å². The van der Waals surface area contributed by atoms with Gasteiger partial charge in [0.2, 0.25) is 5.91 Å². The molecule has 1 aromatic rings. The number of carbonyl (C=O) groups is 1. The van der Waals surface area contributed by atoms with Crippen LogP contribution in [-0.2, 0) is 16.8 Å². The van der Waals surface area contributed by atoms with Gasteiger partial charge in [0.15, 0.2) is 0 Å². The van der Waals surface area contributed by atoms with Crippen LogP contribution in [0.1, 0.15) is 77.7 Å². The zero-order valence-electron chi connectivity index (χ0n) is 13.4. The number of amides is 1. The zero-order chi connectivity index (χ0) is 15.0. The SMILES string of the molecule is CCCCCCCC(=O)NCc1ncc(C(C)(C)C)[nH]1. The zero-order valence-corrected chi connectivity index (χ0v) is 13.4. The molecule has 2 N–H and O–H groups in total. The van der Waals surface area contributed by atoms with Crippen molar-refractivity contribution in [2.75, 3.05) is 0 Å². The van der Waals surface area contributed by atoms with Gasteiger partial charge in [-0.3, -0.25) is 4.79 Å². The molecule has 0 aromatic carbocycles. The molecule has 20 heavy (non-hydrogen) atoms. The molecule has 0 aliphatic carbocycles. The molecule has 0 saturated heterocycles. The number of unbranched alkanes of at least 4 members (excludes halogenated alkanes) is 4. The van der Waals surface area contributed by atoms with Crippen molar-refractivity contribution >= 4 is 5.91 Å². The van der Waals surface area contributed by atoms with Crippen molar-refractivity contribution in [1.82, 2.24) is 15.3 Å². The molecule has 1 amide bonds. The normalized spacial score (nSPS) is 11.6. The highest BCUT2D eigenvalue weighted by Crippen LogP contribution is 2.19. The van der Waals surface area contributed by atoms with E-state index < -0.39 is 0 Å². The molecule has 1 aromatic heterocycles. The topological polar surface area (TPSA) is 57.8 Å². The third-order valence-electron chi connectivity index (χ3n) is 3.40. The summed E-state index contributed by atoms with van der Waals surface area (Å²) >= 11 is 0. The highest BCUT2D eigenvalue weighted by atomic mass is 16.1. The summed E-state index contributed by atoms with van der Waals surface area (Å²) in [5.74, 6) is 0.949. The summed E-state index contributed by atoms with van der Waals surface area (Å²) in [5.41, 5.74) is 1.16. The summed E-state index contributed by atoms with van der Waals surface area (Å²) in [4.78, 5) is 19.3. The number of hydrogen-bond acceptors (Lipinski definition) is 2. The van der Waals surface area contributed by atoms with Crippen molar-refractivity contribution in [2.45, 2.75) is 78.2 Å². The van der Waals surface area contributed by atoms with Gasteiger partial charge in [-0.1, -0.05) is 53.4 Å². The van der Waals surface area contributed by atoms with E-state index in [1.165, 1.54) is 19.3 Å². The third kappa shape index (κ3) is 6.22. The molecule has 4 nitrogen and oxygen atoms in total. The van der Waals surface area contributed by atoms with Crippen molar-refractivity contribution in [1.29, 1.82) is 0 Å². The van der Waals surface area contributed by atoms with E-state index in [2.05, 4.69) is 43.0 Å². The molecule has 1 heterocycles. The largest absolute Gasteiger partial charge is 0.349 e. The predicted octanol–water partition coefficient (Wildman–Crippen LogP) is 3.68. The fourth-order valence-electron chi connectivity index (χ4n) is 1.99. The minimum atomic E-state index is 0.0640. The first-order valence-electron chi connectivity index (χ1n) is 7.74. The van der Waals surface area contributed by atoms with Crippen LogP contribution >= 0.6 is 0 Å². The van der Waals surface area contributed by atoms with Gasteiger partial charge in [-0.25, -0.2) is 4.98 Å². The molecule has 0 aliphatic heterocycles. The number of carbonyl (C=O) groups excluding carboxylic acids is 1. The Morgan fingerprint density at radius 2 is 1.95 bits per heavy atom. The lowest BCUT2D eigenvalue weighted by atomic mass is 9.93. The quantitative estimate of drug-likeness (QED) is 0.713. The number of imidazole rings is 1. The maximum Gasteiger partial charge on any atom is 0.220 e. The Labute approximate surface area is 122 Å². The molecule has 114 valence electrons. The maximum atomic E-state index is 11.7. The van der Waals surface area contributed by atoms with E-state index in [-0.39, 0.29) is 11.3 Å². The van der Waals surface area contributed by atoms with Gasteiger partial charge in [-0.2, -0.15) is 0 Å². The Hall–Kier alpha value is -1.32. The summed E-state index contributed by atoms with van der Waals surface area (Å²) in [6, 6.07) is 0. The maximum absolute atomic E-state index is 11.7. The Morgan fingerprint density at radius 1 is 1.25 bits per heavy atom. The van der Waals surface area contributed by atoms with Gasteiger partial charge in [0, 0.05) is 23.7 Å². The fourth-order valence-corrected chi connectivity index (χ4v) is 1.99. The lowest BCUT2D eigenvalue weighted by molar-refractivity contribution is -0.121. The minimum absolute atomic E-state index is 0.0640. The number of nitrogens with one attached hydrogen (secondary N) is 2. The van der Waals surface area contributed by atoms with Crippen LogP contribution in [0.4, 0.5) is 0 Å². The van der Waals surface area contributed by atoms with Crippen LogP contribution < -0.4 is 5.32 Å². The molecule has 0 aliphatic rings. The molecule has 0 spiro atoms. The lowest BCUT2D eigenvalue weighted by Gasteiger charge is -2.15. The highest BCUT2D eigenvalue weighted by Gasteiger charge is 2.16. The minimum Gasteiger partial charge on any atom is -0.349 e. The van der Waals surface area contributed by atoms with E-state index in [4.69, 9.17) is 0 Å². The van der Waals surface area contributed by atoms with Gasteiger partial charge in [0.25, 0.3) is 0 Å². The number of aromatic nitrogens is 2. The molecule has 0 fully saturated rings. The molecule has 0 atom stereocenters. The molecule has 0 bridgehead atoms.